The number of rotatable bonds is 8. The van der Waals surface area contributed by atoms with Gasteiger partial charge in [0, 0.05) is 12.6 Å². The lowest BCUT2D eigenvalue weighted by Gasteiger charge is -2.18. The van der Waals surface area contributed by atoms with Gasteiger partial charge in [-0.25, -0.2) is 0 Å². The van der Waals surface area contributed by atoms with Crippen LogP contribution in [0.25, 0.3) is 0 Å². The third-order valence-electron chi connectivity index (χ3n) is 2.54. The predicted octanol–water partition coefficient (Wildman–Crippen LogP) is 0.675. The Labute approximate surface area is 116 Å². The fourth-order valence-electron chi connectivity index (χ4n) is 1.77. The highest BCUT2D eigenvalue weighted by Crippen LogP contribution is 2.23. The van der Waals surface area contributed by atoms with Crippen LogP contribution in [0.3, 0.4) is 0 Å². The Morgan fingerprint density at radius 3 is 1.80 bits per heavy atom. The van der Waals surface area contributed by atoms with Crippen LogP contribution in [0.5, 0.6) is 11.5 Å². The average Bonchev–Trinajstić information content (AvgIpc) is 2.36. The standard InChI is InChI=1S/C13H17NO6/c1-19-10-3-9(4-11(5-10)20-2)6-14(7-12(15)16)8-13(17)18/h3-5H,6-8H2,1-2H3,(H,15,16)(H,17,18). The first-order valence-electron chi connectivity index (χ1n) is 5.82. The summed E-state index contributed by atoms with van der Waals surface area (Å²) in [5.74, 6) is -1.04. The molecule has 0 aliphatic rings. The van der Waals surface area contributed by atoms with E-state index in [4.69, 9.17) is 19.7 Å². The summed E-state index contributed by atoms with van der Waals surface area (Å²) in [6.07, 6.45) is 0. The van der Waals surface area contributed by atoms with Crippen LogP contribution in [-0.4, -0.2) is 54.4 Å². The number of nitrogens with zero attached hydrogens (tertiary/aromatic N) is 1. The number of carboxylic acids is 2. The van der Waals surface area contributed by atoms with Gasteiger partial charge in [-0.1, -0.05) is 0 Å². The minimum absolute atomic E-state index is 0.173. The molecule has 0 bridgehead atoms. The number of carbonyl (C=O) groups is 2. The van der Waals surface area contributed by atoms with Gasteiger partial charge in [0.15, 0.2) is 0 Å². The largest absolute Gasteiger partial charge is 0.497 e. The lowest BCUT2D eigenvalue weighted by Crippen LogP contribution is -2.33. The molecule has 0 aliphatic carbocycles. The molecule has 2 N–H and O–H groups in total. The van der Waals surface area contributed by atoms with E-state index in [2.05, 4.69) is 0 Å². The summed E-state index contributed by atoms with van der Waals surface area (Å²) in [6.45, 7) is -0.538. The van der Waals surface area contributed by atoms with Crippen molar-refractivity contribution in [1.82, 2.24) is 4.90 Å². The first-order chi connectivity index (χ1) is 9.44. The molecular formula is C13H17NO6. The number of methoxy groups -OCH3 is 2. The normalized spacial score (nSPS) is 10.3. The predicted molar refractivity (Wildman–Crippen MR) is 70.1 cm³/mol. The van der Waals surface area contributed by atoms with Gasteiger partial charge in [-0.15, -0.1) is 0 Å². The zero-order valence-corrected chi connectivity index (χ0v) is 11.3. The maximum atomic E-state index is 10.7. The highest BCUT2D eigenvalue weighted by Gasteiger charge is 2.15. The second kappa shape index (κ2) is 7.34. The highest BCUT2D eigenvalue weighted by molar-refractivity contribution is 5.72. The number of carboxylic acid groups (broad SMARTS) is 2. The van der Waals surface area contributed by atoms with Crippen molar-refractivity contribution in [3.63, 3.8) is 0 Å². The van der Waals surface area contributed by atoms with Crippen LogP contribution in [0.1, 0.15) is 5.56 Å². The molecule has 0 atom stereocenters. The van der Waals surface area contributed by atoms with Gasteiger partial charge in [0.1, 0.15) is 11.5 Å². The van der Waals surface area contributed by atoms with Crippen molar-refractivity contribution in [3.05, 3.63) is 23.8 Å². The van der Waals surface area contributed by atoms with Crippen molar-refractivity contribution < 1.29 is 29.3 Å². The monoisotopic (exact) mass is 283 g/mol. The van der Waals surface area contributed by atoms with E-state index >= 15 is 0 Å². The fraction of sp³-hybridized carbons (Fsp3) is 0.385. The summed E-state index contributed by atoms with van der Waals surface area (Å²) in [5.41, 5.74) is 0.712. The molecule has 1 aromatic rings. The van der Waals surface area contributed by atoms with E-state index in [1.54, 1.807) is 18.2 Å². The molecule has 0 saturated heterocycles. The zero-order valence-electron chi connectivity index (χ0n) is 11.3. The van der Waals surface area contributed by atoms with Crippen LogP contribution in [0.15, 0.2) is 18.2 Å². The molecule has 110 valence electrons. The van der Waals surface area contributed by atoms with Crippen molar-refractivity contribution >= 4 is 11.9 Å². The summed E-state index contributed by atoms with van der Waals surface area (Å²) < 4.78 is 10.2. The maximum absolute atomic E-state index is 10.7. The van der Waals surface area contributed by atoms with E-state index in [1.807, 2.05) is 0 Å². The molecule has 0 aliphatic heterocycles. The Balaban J connectivity index is 2.90. The molecule has 0 unspecified atom stereocenters. The summed E-state index contributed by atoms with van der Waals surface area (Å²) >= 11 is 0. The summed E-state index contributed by atoms with van der Waals surface area (Å²) in [6, 6.07) is 5.10. The zero-order chi connectivity index (χ0) is 15.1. The van der Waals surface area contributed by atoms with E-state index in [-0.39, 0.29) is 19.6 Å². The lowest BCUT2D eigenvalue weighted by molar-refractivity contribution is -0.142. The first-order valence-corrected chi connectivity index (χ1v) is 5.82. The van der Waals surface area contributed by atoms with Gasteiger partial charge >= 0.3 is 11.9 Å². The highest BCUT2D eigenvalue weighted by atomic mass is 16.5. The third-order valence-corrected chi connectivity index (χ3v) is 2.54. The second-order valence-corrected chi connectivity index (χ2v) is 4.15. The van der Waals surface area contributed by atoms with E-state index in [9.17, 15) is 9.59 Å². The fourth-order valence-corrected chi connectivity index (χ4v) is 1.77. The molecule has 0 saturated carbocycles. The summed E-state index contributed by atoms with van der Waals surface area (Å²) in [5, 5.41) is 17.6. The minimum atomic E-state index is -1.08. The van der Waals surface area contributed by atoms with Crippen LogP contribution >= 0.6 is 0 Å². The van der Waals surface area contributed by atoms with Crippen LogP contribution in [0, 0.1) is 0 Å². The van der Waals surface area contributed by atoms with Crippen LogP contribution in [-0.2, 0) is 16.1 Å². The Bertz CT molecular complexity index is 449. The van der Waals surface area contributed by atoms with E-state index in [0.717, 1.165) is 0 Å². The van der Waals surface area contributed by atoms with Crippen molar-refractivity contribution in [3.8, 4) is 11.5 Å². The summed E-state index contributed by atoms with van der Waals surface area (Å²) in [7, 11) is 3.01. The van der Waals surface area contributed by atoms with Gasteiger partial charge < -0.3 is 19.7 Å². The molecule has 0 radical (unpaired) electrons. The molecule has 0 amide bonds. The molecule has 1 rings (SSSR count). The van der Waals surface area contributed by atoms with Crippen molar-refractivity contribution in [2.45, 2.75) is 6.54 Å². The Hall–Kier alpha value is -2.28. The molecule has 0 heterocycles. The minimum Gasteiger partial charge on any atom is -0.497 e. The van der Waals surface area contributed by atoms with Crippen molar-refractivity contribution in [1.29, 1.82) is 0 Å². The van der Waals surface area contributed by atoms with Crippen molar-refractivity contribution in [2.75, 3.05) is 27.3 Å². The molecule has 0 aromatic heterocycles. The molecular weight excluding hydrogens is 266 g/mol. The number of aliphatic carboxylic acids is 2. The maximum Gasteiger partial charge on any atom is 0.317 e. The first kappa shape index (κ1) is 15.8. The second-order valence-electron chi connectivity index (χ2n) is 4.15. The third kappa shape index (κ3) is 5.15. The lowest BCUT2D eigenvalue weighted by atomic mass is 10.2. The van der Waals surface area contributed by atoms with E-state index in [1.165, 1.54) is 19.1 Å². The Kier molecular flexibility index (Phi) is 5.79. The Morgan fingerprint density at radius 1 is 1.00 bits per heavy atom. The number of benzene rings is 1. The topological polar surface area (TPSA) is 96.3 Å². The van der Waals surface area contributed by atoms with Crippen LogP contribution in [0.2, 0.25) is 0 Å². The quantitative estimate of drug-likeness (QED) is 0.724. The Morgan fingerprint density at radius 2 is 1.45 bits per heavy atom. The van der Waals surface area contributed by atoms with Crippen LogP contribution < -0.4 is 9.47 Å². The summed E-state index contributed by atoms with van der Waals surface area (Å²) in [4.78, 5) is 22.8. The molecule has 1 aromatic carbocycles. The van der Waals surface area contributed by atoms with Gasteiger partial charge in [-0.3, -0.25) is 14.5 Å². The van der Waals surface area contributed by atoms with Crippen LogP contribution in [0.4, 0.5) is 0 Å². The SMILES string of the molecule is COc1cc(CN(CC(=O)O)CC(=O)O)cc(OC)c1. The molecule has 7 nitrogen and oxygen atoms in total. The average molecular weight is 283 g/mol. The van der Waals surface area contributed by atoms with Gasteiger partial charge in [-0.05, 0) is 17.7 Å². The molecule has 0 fully saturated rings. The smallest absolute Gasteiger partial charge is 0.317 e. The number of hydrogen-bond donors (Lipinski definition) is 2. The molecule has 0 spiro atoms. The molecule has 7 heteroatoms. The van der Waals surface area contributed by atoms with Gasteiger partial charge in [-0.2, -0.15) is 0 Å². The van der Waals surface area contributed by atoms with Gasteiger partial charge in [0.25, 0.3) is 0 Å². The van der Waals surface area contributed by atoms with Gasteiger partial charge in [0.05, 0.1) is 27.3 Å². The van der Waals surface area contributed by atoms with E-state index in [0.29, 0.717) is 17.1 Å². The number of hydrogen-bond acceptors (Lipinski definition) is 5. The molecule has 20 heavy (non-hydrogen) atoms. The number of ether oxygens (including phenoxy) is 2. The van der Waals surface area contributed by atoms with E-state index < -0.39 is 11.9 Å². The van der Waals surface area contributed by atoms with Gasteiger partial charge in [0.2, 0.25) is 0 Å². The van der Waals surface area contributed by atoms with Crippen molar-refractivity contribution in [2.24, 2.45) is 0 Å².